The second-order valence-corrected chi connectivity index (χ2v) is 6.53. The SMILES string of the molecule is CCc1cc(NC)nc(C2(OC)CCC(C)(C)CC2)n1. The molecule has 1 N–H and O–H groups in total. The Bertz CT molecular complexity index is 439. The number of hydrogen-bond acceptors (Lipinski definition) is 4. The summed E-state index contributed by atoms with van der Waals surface area (Å²) in [4.78, 5) is 9.41. The first-order valence-electron chi connectivity index (χ1n) is 7.56. The summed E-state index contributed by atoms with van der Waals surface area (Å²) in [5, 5.41) is 3.13. The highest BCUT2D eigenvalue weighted by Gasteiger charge is 2.42. The van der Waals surface area contributed by atoms with E-state index in [9.17, 15) is 0 Å². The van der Waals surface area contributed by atoms with Crippen LogP contribution in [-0.2, 0) is 16.8 Å². The van der Waals surface area contributed by atoms with Crippen LogP contribution in [0.1, 0.15) is 58.0 Å². The maximum absolute atomic E-state index is 5.90. The lowest BCUT2D eigenvalue weighted by Gasteiger charge is -2.41. The Labute approximate surface area is 122 Å². The first kappa shape index (κ1) is 15.2. The smallest absolute Gasteiger partial charge is 0.162 e. The number of aryl methyl sites for hydroxylation is 1. The van der Waals surface area contributed by atoms with Gasteiger partial charge in [-0.05, 0) is 37.5 Å². The van der Waals surface area contributed by atoms with Crippen LogP contribution in [0.2, 0.25) is 0 Å². The third kappa shape index (κ3) is 2.95. The van der Waals surface area contributed by atoms with Gasteiger partial charge < -0.3 is 10.1 Å². The van der Waals surface area contributed by atoms with Gasteiger partial charge in [0, 0.05) is 25.9 Å². The largest absolute Gasteiger partial charge is 0.373 e. The highest BCUT2D eigenvalue weighted by Crippen LogP contribution is 2.46. The van der Waals surface area contributed by atoms with Gasteiger partial charge in [-0.25, -0.2) is 9.97 Å². The van der Waals surface area contributed by atoms with Crippen molar-refractivity contribution in [1.29, 1.82) is 0 Å². The van der Waals surface area contributed by atoms with Crippen LogP contribution in [-0.4, -0.2) is 24.1 Å². The monoisotopic (exact) mass is 277 g/mol. The molecule has 4 nitrogen and oxygen atoms in total. The van der Waals surface area contributed by atoms with E-state index in [1.54, 1.807) is 7.11 Å². The lowest BCUT2D eigenvalue weighted by Crippen LogP contribution is -2.38. The molecule has 1 saturated carbocycles. The predicted molar refractivity (Wildman–Crippen MR) is 81.9 cm³/mol. The average molecular weight is 277 g/mol. The van der Waals surface area contributed by atoms with Crippen molar-refractivity contribution in [3.05, 3.63) is 17.6 Å². The van der Waals surface area contributed by atoms with Crippen molar-refractivity contribution in [3.8, 4) is 0 Å². The van der Waals surface area contributed by atoms with E-state index in [0.29, 0.717) is 5.41 Å². The van der Waals surface area contributed by atoms with E-state index in [1.807, 2.05) is 13.1 Å². The molecule has 1 heterocycles. The molecule has 20 heavy (non-hydrogen) atoms. The molecule has 2 rings (SSSR count). The molecule has 0 bridgehead atoms. The summed E-state index contributed by atoms with van der Waals surface area (Å²) in [6.45, 7) is 6.78. The second kappa shape index (κ2) is 5.68. The number of hydrogen-bond donors (Lipinski definition) is 1. The quantitative estimate of drug-likeness (QED) is 0.914. The van der Waals surface area contributed by atoms with Crippen LogP contribution in [0.3, 0.4) is 0 Å². The number of methoxy groups -OCH3 is 1. The molecule has 0 aromatic carbocycles. The molecule has 1 fully saturated rings. The lowest BCUT2D eigenvalue weighted by atomic mass is 9.70. The molecule has 0 spiro atoms. The first-order chi connectivity index (χ1) is 9.44. The van der Waals surface area contributed by atoms with Gasteiger partial charge in [-0.1, -0.05) is 20.8 Å². The molecule has 1 aromatic rings. The van der Waals surface area contributed by atoms with Gasteiger partial charge in [-0.2, -0.15) is 0 Å². The summed E-state index contributed by atoms with van der Waals surface area (Å²) in [6, 6.07) is 2.01. The molecule has 112 valence electrons. The zero-order chi connectivity index (χ0) is 14.8. The van der Waals surface area contributed by atoms with E-state index >= 15 is 0 Å². The Morgan fingerprint density at radius 1 is 1.20 bits per heavy atom. The molecular weight excluding hydrogens is 250 g/mol. The Kier molecular flexibility index (Phi) is 4.33. The zero-order valence-corrected chi connectivity index (χ0v) is 13.4. The normalized spacial score (nSPS) is 20.6. The van der Waals surface area contributed by atoms with E-state index < -0.39 is 0 Å². The number of ether oxygens (including phenoxy) is 1. The number of aromatic nitrogens is 2. The molecule has 0 unspecified atom stereocenters. The third-order valence-corrected chi connectivity index (χ3v) is 4.61. The Balaban J connectivity index is 2.36. The summed E-state index contributed by atoms with van der Waals surface area (Å²) in [5.41, 5.74) is 1.16. The topological polar surface area (TPSA) is 47.0 Å². The molecular formula is C16H27N3O. The van der Waals surface area contributed by atoms with Crippen LogP contribution in [0.5, 0.6) is 0 Å². The van der Waals surface area contributed by atoms with Crippen LogP contribution in [0, 0.1) is 5.41 Å². The van der Waals surface area contributed by atoms with Crippen LogP contribution < -0.4 is 5.32 Å². The molecule has 1 aliphatic rings. The molecule has 1 aromatic heterocycles. The minimum atomic E-state index is -0.313. The maximum atomic E-state index is 5.90. The van der Waals surface area contributed by atoms with Crippen LogP contribution in [0.4, 0.5) is 5.82 Å². The highest BCUT2D eigenvalue weighted by atomic mass is 16.5. The standard InChI is InChI=1S/C16H27N3O/c1-6-12-11-13(17-4)19-14(18-12)16(20-5)9-7-15(2,3)8-10-16/h11H,6-10H2,1-5H3,(H,17,18,19). The molecule has 0 saturated heterocycles. The molecule has 0 atom stereocenters. The van der Waals surface area contributed by atoms with E-state index in [-0.39, 0.29) is 5.60 Å². The van der Waals surface area contributed by atoms with Crippen LogP contribution >= 0.6 is 0 Å². The van der Waals surface area contributed by atoms with E-state index in [0.717, 1.165) is 49.4 Å². The first-order valence-corrected chi connectivity index (χ1v) is 7.56. The van der Waals surface area contributed by atoms with Crippen LogP contribution in [0.15, 0.2) is 6.07 Å². The van der Waals surface area contributed by atoms with Crippen molar-refractivity contribution in [3.63, 3.8) is 0 Å². The highest BCUT2D eigenvalue weighted by molar-refractivity contribution is 5.36. The van der Waals surface area contributed by atoms with Crippen molar-refractivity contribution in [2.24, 2.45) is 5.41 Å². The molecule has 1 aliphatic carbocycles. The fraction of sp³-hybridized carbons (Fsp3) is 0.750. The molecule has 4 heteroatoms. The van der Waals surface area contributed by atoms with Crippen molar-refractivity contribution >= 4 is 5.82 Å². The van der Waals surface area contributed by atoms with Gasteiger partial charge >= 0.3 is 0 Å². The van der Waals surface area contributed by atoms with Gasteiger partial charge in [0.05, 0.1) is 0 Å². The maximum Gasteiger partial charge on any atom is 0.162 e. The summed E-state index contributed by atoms with van der Waals surface area (Å²) < 4.78 is 5.90. The Hall–Kier alpha value is -1.16. The average Bonchev–Trinajstić information content (AvgIpc) is 2.47. The van der Waals surface area contributed by atoms with E-state index in [1.165, 1.54) is 0 Å². The minimum absolute atomic E-state index is 0.313. The molecule has 0 aliphatic heterocycles. The zero-order valence-electron chi connectivity index (χ0n) is 13.4. The van der Waals surface area contributed by atoms with Crippen molar-refractivity contribution in [2.75, 3.05) is 19.5 Å². The van der Waals surface area contributed by atoms with Gasteiger partial charge in [0.1, 0.15) is 11.4 Å². The number of nitrogens with zero attached hydrogens (tertiary/aromatic N) is 2. The minimum Gasteiger partial charge on any atom is -0.373 e. The lowest BCUT2D eigenvalue weighted by molar-refractivity contribution is -0.0729. The third-order valence-electron chi connectivity index (χ3n) is 4.61. The van der Waals surface area contributed by atoms with Crippen molar-refractivity contribution in [1.82, 2.24) is 9.97 Å². The molecule has 0 amide bonds. The summed E-state index contributed by atoms with van der Waals surface area (Å²) in [7, 11) is 3.69. The fourth-order valence-corrected chi connectivity index (χ4v) is 2.86. The summed E-state index contributed by atoms with van der Waals surface area (Å²) in [5.74, 6) is 1.73. The van der Waals surface area contributed by atoms with Crippen LogP contribution in [0.25, 0.3) is 0 Å². The summed E-state index contributed by atoms with van der Waals surface area (Å²) >= 11 is 0. The Morgan fingerprint density at radius 2 is 1.85 bits per heavy atom. The Morgan fingerprint density at radius 3 is 2.35 bits per heavy atom. The van der Waals surface area contributed by atoms with Gasteiger partial charge in [0.2, 0.25) is 0 Å². The molecule has 0 radical (unpaired) electrons. The predicted octanol–water partition coefficient (Wildman–Crippen LogP) is 3.52. The van der Waals surface area contributed by atoms with E-state index in [2.05, 4.69) is 31.1 Å². The van der Waals surface area contributed by atoms with Crippen molar-refractivity contribution in [2.45, 2.75) is 58.5 Å². The number of rotatable bonds is 4. The second-order valence-electron chi connectivity index (χ2n) is 6.53. The summed E-state index contributed by atoms with van der Waals surface area (Å²) in [6.07, 6.45) is 5.19. The van der Waals surface area contributed by atoms with Gasteiger partial charge in [0.15, 0.2) is 5.82 Å². The van der Waals surface area contributed by atoms with Gasteiger partial charge in [0.25, 0.3) is 0 Å². The number of nitrogens with one attached hydrogen (secondary N) is 1. The van der Waals surface area contributed by atoms with Gasteiger partial charge in [-0.15, -0.1) is 0 Å². The number of anilines is 1. The van der Waals surface area contributed by atoms with E-state index in [4.69, 9.17) is 9.72 Å². The van der Waals surface area contributed by atoms with Crippen molar-refractivity contribution < 1.29 is 4.74 Å². The van der Waals surface area contributed by atoms with Gasteiger partial charge in [-0.3, -0.25) is 0 Å². The fourth-order valence-electron chi connectivity index (χ4n) is 2.86.